The van der Waals surface area contributed by atoms with Crippen LogP contribution in [0.3, 0.4) is 0 Å². The fourth-order valence-electron chi connectivity index (χ4n) is 3.01. The zero-order valence-electron chi connectivity index (χ0n) is 13.7. The van der Waals surface area contributed by atoms with Crippen LogP contribution >= 0.6 is 11.8 Å². The van der Waals surface area contributed by atoms with Gasteiger partial charge in [0.1, 0.15) is 11.3 Å². The van der Waals surface area contributed by atoms with Crippen LogP contribution in [0.25, 0.3) is 10.9 Å². The number of hydrogen-bond donors (Lipinski definition) is 3. The molecule has 3 aromatic heterocycles. The number of aliphatic hydroxyl groups excluding tert-OH is 1. The summed E-state index contributed by atoms with van der Waals surface area (Å²) in [6.07, 6.45) is 4.88. The van der Waals surface area contributed by atoms with Gasteiger partial charge in [0.25, 0.3) is 5.56 Å². The number of hydrogen-bond acceptors (Lipinski definition) is 7. The first-order valence-corrected chi connectivity index (χ1v) is 8.57. The fraction of sp³-hybridized carbons (Fsp3) is 0.250. The predicted molar refractivity (Wildman–Crippen MR) is 95.2 cm³/mol. The van der Waals surface area contributed by atoms with E-state index < -0.39 is 17.4 Å². The summed E-state index contributed by atoms with van der Waals surface area (Å²) in [7, 11) is 1.68. The van der Waals surface area contributed by atoms with Crippen LogP contribution < -0.4 is 10.9 Å². The molecular formula is C16H15N5O4S. The third-order valence-electron chi connectivity index (χ3n) is 4.37. The molecule has 0 saturated heterocycles. The standard InChI is InChI=1S/C16H15N5O4S/c1-20-11-10(12-13(20)19-16(8-22,26-12)15(24)25)6-18-21(14(11)23)7-9-3-2-4-17-5-9/h2-6,19,22H,7-8H2,1H3,(H,24,25). The lowest BCUT2D eigenvalue weighted by molar-refractivity contribution is -0.140. The molecular weight excluding hydrogens is 358 g/mol. The Labute approximate surface area is 151 Å². The maximum Gasteiger partial charge on any atom is 0.342 e. The molecule has 3 N–H and O–H groups in total. The summed E-state index contributed by atoms with van der Waals surface area (Å²) in [4.78, 5) is 27.5. The van der Waals surface area contributed by atoms with Crippen molar-refractivity contribution in [3.8, 4) is 0 Å². The summed E-state index contributed by atoms with van der Waals surface area (Å²) < 4.78 is 2.96. The van der Waals surface area contributed by atoms with Gasteiger partial charge in [-0.25, -0.2) is 9.48 Å². The molecule has 1 aliphatic heterocycles. The number of rotatable bonds is 4. The van der Waals surface area contributed by atoms with E-state index in [0.29, 0.717) is 21.6 Å². The molecule has 0 saturated carbocycles. The lowest BCUT2D eigenvalue weighted by Gasteiger charge is -2.22. The molecule has 134 valence electrons. The number of carboxylic acids is 1. The SMILES string of the molecule is Cn1c2c(c3cnn(Cc4cccnc4)c(=O)c31)SC(CO)(C(=O)O)N2. The molecule has 0 amide bonds. The van der Waals surface area contributed by atoms with Crippen molar-refractivity contribution >= 4 is 34.5 Å². The Morgan fingerprint density at radius 3 is 2.88 bits per heavy atom. The van der Waals surface area contributed by atoms with Gasteiger partial charge in [0, 0.05) is 24.8 Å². The van der Waals surface area contributed by atoms with E-state index in [0.717, 1.165) is 17.3 Å². The Hall–Kier alpha value is -2.85. The van der Waals surface area contributed by atoms with Crippen LogP contribution in [0, 0.1) is 0 Å². The lowest BCUT2D eigenvalue weighted by atomic mass is 10.3. The zero-order valence-corrected chi connectivity index (χ0v) is 14.5. The third-order valence-corrected chi connectivity index (χ3v) is 5.74. The van der Waals surface area contributed by atoms with Crippen LogP contribution in [-0.2, 0) is 18.4 Å². The minimum Gasteiger partial charge on any atom is -0.479 e. The molecule has 26 heavy (non-hydrogen) atoms. The van der Waals surface area contributed by atoms with Gasteiger partial charge in [0.05, 0.1) is 24.2 Å². The van der Waals surface area contributed by atoms with E-state index in [2.05, 4.69) is 15.4 Å². The van der Waals surface area contributed by atoms with Gasteiger partial charge in [-0.15, -0.1) is 0 Å². The highest BCUT2D eigenvalue weighted by molar-refractivity contribution is 8.02. The predicted octanol–water partition coefficient (Wildman–Crippen LogP) is 0.469. The van der Waals surface area contributed by atoms with Gasteiger partial charge in [-0.1, -0.05) is 17.8 Å². The lowest BCUT2D eigenvalue weighted by Crippen LogP contribution is -2.44. The summed E-state index contributed by atoms with van der Waals surface area (Å²) in [6.45, 7) is -0.302. The Kier molecular flexibility index (Phi) is 3.74. The van der Waals surface area contributed by atoms with Crippen molar-refractivity contribution in [2.45, 2.75) is 16.3 Å². The molecule has 4 heterocycles. The molecule has 0 aliphatic carbocycles. The average Bonchev–Trinajstić information content (AvgIpc) is 3.15. The van der Waals surface area contributed by atoms with E-state index in [1.54, 1.807) is 36.3 Å². The van der Waals surface area contributed by atoms with Crippen LogP contribution in [0.2, 0.25) is 0 Å². The van der Waals surface area contributed by atoms with Crippen molar-refractivity contribution in [1.82, 2.24) is 19.3 Å². The number of aliphatic carboxylic acids is 1. The number of nitrogens with zero attached hydrogens (tertiary/aromatic N) is 4. The number of aryl methyl sites for hydroxylation is 1. The van der Waals surface area contributed by atoms with Crippen molar-refractivity contribution in [2.75, 3.05) is 11.9 Å². The second-order valence-corrected chi connectivity index (χ2v) is 7.29. The number of fused-ring (bicyclic) bond motifs is 3. The van der Waals surface area contributed by atoms with E-state index in [1.165, 1.54) is 4.68 Å². The first kappa shape index (κ1) is 16.6. The number of carboxylic acid groups (broad SMARTS) is 1. The summed E-state index contributed by atoms with van der Waals surface area (Å²) in [5.41, 5.74) is 0.988. The minimum absolute atomic E-state index is 0.282. The molecule has 4 rings (SSSR count). The Morgan fingerprint density at radius 1 is 1.42 bits per heavy atom. The highest BCUT2D eigenvalue weighted by atomic mass is 32.2. The molecule has 0 fully saturated rings. The zero-order chi connectivity index (χ0) is 18.5. The summed E-state index contributed by atoms with van der Waals surface area (Å²) in [6, 6.07) is 3.65. The smallest absolute Gasteiger partial charge is 0.342 e. The van der Waals surface area contributed by atoms with E-state index in [9.17, 15) is 19.8 Å². The van der Waals surface area contributed by atoms with Crippen molar-refractivity contribution < 1.29 is 15.0 Å². The van der Waals surface area contributed by atoms with Gasteiger partial charge in [0.15, 0.2) is 0 Å². The van der Waals surface area contributed by atoms with Gasteiger partial charge in [-0.3, -0.25) is 9.78 Å². The number of carbonyl (C=O) groups is 1. The van der Waals surface area contributed by atoms with E-state index >= 15 is 0 Å². The fourth-order valence-corrected chi connectivity index (χ4v) is 4.20. The molecule has 0 bridgehead atoms. The summed E-state index contributed by atoms with van der Waals surface area (Å²) >= 11 is 0.981. The minimum atomic E-state index is -1.55. The van der Waals surface area contributed by atoms with E-state index in [4.69, 9.17) is 0 Å². The first-order chi connectivity index (χ1) is 12.5. The monoisotopic (exact) mass is 373 g/mol. The quantitative estimate of drug-likeness (QED) is 0.603. The highest BCUT2D eigenvalue weighted by Gasteiger charge is 2.47. The molecule has 1 unspecified atom stereocenters. The second-order valence-electron chi connectivity index (χ2n) is 5.99. The Bertz CT molecular complexity index is 1080. The van der Waals surface area contributed by atoms with Gasteiger partial charge < -0.3 is 20.1 Å². The maximum absolute atomic E-state index is 12.9. The maximum atomic E-state index is 12.9. The van der Waals surface area contributed by atoms with Crippen LogP contribution in [0.15, 0.2) is 40.4 Å². The largest absolute Gasteiger partial charge is 0.479 e. The number of nitrogens with one attached hydrogen (secondary N) is 1. The topological polar surface area (TPSA) is 122 Å². The normalized spacial score (nSPS) is 18.7. The van der Waals surface area contributed by atoms with Crippen molar-refractivity contribution in [1.29, 1.82) is 0 Å². The van der Waals surface area contributed by atoms with E-state index in [1.807, 2.05) is 6.07 Å². The molecule has 0 aromatic carbocycles. The molecule has 10 heteroatoms. The number of anilines is 1. The molecule has 0 spiro atoms. The van der Waals surface area contributed by atoms with Crippen LogP contribution in [0.5, 0.6) is 0 Å². The van der Waals surface area contributed by atoms with Crippen molar-refractivity contribution in [3.63, 3.8) is 0 Å². The van der Waals surface area contributed by atoms with Gasteiger partial charge in [-0.2, -0.15) is 5.10 Å². The number of aliphatic hydroxyl groups is 1. The van der Waals surface area contributed by atoms with Gasteiger partial charge in [0.2, 0.25) is 4.87 Å². The molecule has 9 nitrogen and oxygen atoms in total. The molecule has 0 radical (unpaired) electrons. The van der Waals surface area contributed by atoms with Crippen molar-refractivity contribution in [3.05, 3.63) is 46.6 Å². The number of pyridine rings is 1. The average molecular weight is 373 g/mol. The second kappa shape index (κ2) is 5.85. The van der Waals surface area contributed by atoms with Gasteiger partial charge in [-0.05, 0) is 11.6 Å². The Morgan fingerprint density at radius 2 is 2.23 bits per heavy atom. The first-order valence-electron chi connectivity index (χ1n) is 7.75. The van der Waals surface area contributed by atoms with Crippen LogP contribution in [0.4, 0.5) is 5.82 Å². The van der Waals surface area contributed by atoms with E-state index in [-0.39, 0.29) is 12.1 Å². The summed E-state index contributed by atoms with van der Waals surface area (Å²) in [5.74, 6) is -0.688. The number of aromatic nitrogens is 4. The molecule has 3 aromatic rings. The third kappa shape index (κ3) is 2.30. The van der Waals surface area contributed by atoms with Crippen LogP contribution in [0.1, 0.15) is 5.56 Å². The summed E-state index contributed by atoms with van der Waals surface area (Å²) in [5, 5.41) is 26.6. The van der Waals surface area contributed by atoms with Gasteiger partial charge >= 0.3 is 5.97 Å². The molecule has 1 atom stereocenters. The molecule has 1 aliphatic rings. The van der Waals surface area contributed by atoms with Crippen LogP contribution in [-0.4, -0.2) is 47.0 Å². The highest BCUT2D eigenvalue weighted by Crippen LogP contribution is 2.49. The van der Waals surface area contributed by atoms with Crippen molar-refractivity contribution in [2.24, 2.45) is 7.05 Å². The Balaban J connectivity index is 1.82. The number of thioether (sulfide) groups is 1.